The zero-order chi connectivity index (χ0) is 11.7. The Morgan fingerprint density at radius 3 is 2.71 bits per heavy atom. The molecule has 0 saturated carbocycles. The molecular formula is C15H20BrN. The Balaban J connectivity index is 1.63. The van der Waals surface area contributed by atoms with Crippen molar-refractivity contribution in [3.63, 3.8) is 0 Å². The number of hydrogen-bond acceptors (Lipinski definition) is 1. The maximum Gasteiger partial charge on any atom is 0.0210 e. The van der Waals surface area contributed by atoms with E-state index in [9.17, 15) is 0 Å². The lowest BCUT2D eigenvalue weighted by molar-refractivity contribution is 0.198. The first-order valence-corrected chi connectivity index (χ1v) is 7.61. The van der Waals surface area contributed by atoms with Crippen molar-refractivity contribution in [2.45, 2.75) is 32.1 Å². The molecule has 1 unspecified atom stereocenters. The molecule has 0 radical (unpaired) electrons. The van der Waals surface area contributed by atoms with Gasteiger partial charge in [-0.1, -0.05) is 34.5 Å². The van der Waals surface area contributed by atoms with Crippen LogP contribution in [0.5, 0.6) is 0 Å². The zero-order valence-corrected chi connectivity index (χ0v) is 11.9. The summed E-state index contributed by atoms with van der Waals surface area (Å²) in [5.74, 6) is 0.849. The summed E-state index contributed by atoms with van der Waals surface area (Å²) in [5.41, 5.74) is 3.14. The highest BCUT2D eigenvalue weighted by Gasteiger charge is 2.25. The summed E-state index contributed by atoms with van der Waals surface area (Å²) in [7, 11) is 0. The minimum absolute atomic E-state index is 0.849. The second kappa shape index (κ2) is 5.11. The summed E-state index contributed by atoms with van der Waals surface area (Å²) in [6.07, 6.45) is 6.80. The van der Waals surface area contributed by atoms with Crippen LogP contribution >= 0.6 is 15.9 Å². The van der Waals surface area contributed by atoms with E-state index in [0.717, 1.165) is 5.92 Å². The Bertz CT molecular complexity index is 396. The fourth-order valence-electron chi connectivity index (χ4n) is 3.33. The topological polar surface area (TPSA) is 3.24 Å². The van der Waals surface area contributed by atoms with Crippen LogP contribution in [0.4, 0.5) is 0 Å². The summed E-state index contributed by atoms with van der Waals surface area (Å²) in [6.45, 7) is 3.96. The number of fused-ring (bicyclic) bond motifs is 1. The molecule has 1 aliphatic heterocycles. The number of rotatable bonds is 2. The van der Waals surface area contributed by atoms with Crippen LogP contribution in [0.2, 0.25) is 0 Å². The highest BCUT2D eigenvalue weighted by atomic mass is 79.9. The van der Waals surface area contributed by atoms with Gasteiger partial charge in [0.05, 0.1) is 0 Å². The fourth-order valence-corrected chi connectivity index (χ4v) is 3.90. The maximum absolute atomic E-state index is 3.69. The smallest absolute Gasteiger partial charge is 0.0210 e. The van der Waals surface area contributed by atoms with E-state index in [4.69, 9.17) is 0 Å². The van der Waals surface area contributed by atoms with Crippen molar-refractivity contribution >= 4 is 15.9 Å². The summed E-state index contributed by atoms with van der Waals surface area (Å²) >= 11 is 3.69. The summed E-state index contributed by atoms with van der Waals surface area (Å²) < 4.78 is 1.32. The molecule has 2 aliphatic rings. The van der Waals surface area contributed by atoms with Crippen molar-refractivity contribution in [2.75, 3.05) is 19.6 Å². The molecule has 1 atom stereocenters. The molecular weight excluding hydrogens is 274 g/mol. The van der Waals surface area contributed by atoms with E-state index in [1.54, 1.807) is 11.1 Å². The lowest BCUT2D eigenvalue weighted by atomic mass is 10.0. The largest absolute Gasteiger partial charge is 0.303 e. The minimum atomic E-state index is 0.849. The lowest BCUT2D eigenvalue weighted by Crippen LogP contribution is -2.34. The second-order valence-electron chi connectivity index (χ2n) is 5.51. The van der Waals surface area contributed by atoms with Gasteiger partial charge in [0.25, 0.3) is 0 Å². The van der Waals surface area contributed by atoms with Crippen molar-refractivity contribution in [1.82, 2.24) is 4.90 Å². The second-order valence-corrected chi connectivity index (χ2v) is 6.37. The number of hydrogen-bond donors (Lipinski definition) is 0. The van der Waals surface area contributed by atoms with Crippen LogP contribution in [0.25, 0.3) is 0 Å². The summed E-state index contributed by atoms with van der Waals surface area (Å²) in [4.78, 5) is 2.67. The fraction of sp³-hybridized carbons (Fsp3) is 0.600. The lowest BCUT2D eigenvalue weighted by Gasteiger charge is -2.28. The third kappa shape index (κ3) is 2.58. The Kier molecular flexibility index (Phi) is 3.53. The third-order valence-corrected chi connectivity index (χ3v) is 4.93. The van der Waals surface area contributed by atoms with Crippen molar-refractivity contribution in [3.8, 4) is 0 Å². The van der Waals surface area contributed by atoms with E-state index in [2.05, 4.69) is 39.0 Å². The van der Waals surface area contributed by atoms with Crippen LogP contribution in [0.1, 0.15) is 30.4 Å². The normalized spacial score (nSPS) is 24.9. The van der Waals surface area contributed by atoms with Gasteiger partial charge in [-0.2, -0.15) is 0 Å². The molecule has 0 spiro atoms. The number of likely N-dealkylation sites (tertiary alicyclic amines) is 1. The number of halogens is 1. The van der Waals surface area contributed by atoms with Gasteiger partial charge in [0.2, 0.25) is 0 Å². The van der Waals surface area contributed by atoms with Crippen LogP contribution in [0.3, 0.4) is 0 Å². The summed E-state index contributed by atoms with van der Waals surface area (Å²) in [5, 5.41) is 0. The van der Waals surface area contributed by atoms with Gasteiger partial charge >= 0.3 is 0 Å². The average Bonchev–Trinajstić information content (AvgIpc) is 2.74. The van der Waals surface area contributed by atoms with Crippen LogP contribution < -0.4 is 0 Å². The van der Waals surface area contributed by atoms with Gasteiger partial charge in [0, 0.05) is 11.0 Å². The van der Waals surface area contributed by atoms with Crippen molar-refractivity contribution in [2.24, 2.45) is 5.92 Å². The van der Waals surface area contributed by atoms with Gasteiger partial charge in [-0.25, -0.2) is 0 Å². The Morgan fingerprint density at radius 2 is 1.94 bits per heavy atom. The predicted molar refractivity (Wildman–Crippen MR) is 75.3 cm³/mol. The molecule has 1 aliphatic carbocycles. The number of nitrogens with zero attached hydrogens (tertiary/aromatic N) is 1. The molecule has 1 aromatic rings. The molecule has 92 valence electrons. The van der Waals surface area contributed by atoms with Gasteiger partial charge in [-0.3, -0.25) is 0 Å². The van der Waals surface area contributed by atoms with Gasteiger partial charge in [-0.05, 0) is 61.9 Å². The molecule has 0 aromatic heterocycles. The molecule has 1 fully saturated rings. The standard InChI is InChI=1S/C15H20BrN/c16-15-6-4-5-13-9-12(10-14(13)15)11-17-7-2-1-3-8-17/h4-6,12H,1-3,7-11H2. The van der Waals surface area contributed by atoms with Gasteiger partial charge in [0.1, 0.15) is 0 Å². The van der Waals surface area contributed by atoms with E-state index in [1.165, 1.54) is 56.2 Å². The SMILES string of the molecule is Brc1cccc2c1CC(CN1CCCCC1)C2. The minimum Gasteiger partial charge on any atom is -0.303 e. The van der Waals surface area contributed by atoms with Crippen LogP contribution in [-0.4, -0.2) is 24.5 Å². The van der Waals surface area contributed by atoms with Gasteiger partial charge < -0.3 is 4.90 Å². The van der Waals surface area contributed by atoms with Crippen molar-refractivity contribution in [3.05, 3.63) is 33.8 Å². The van der Waals surface area contributed by atoms with Crippen molar-refractivity contribution in [1.29, 1.82) is 0 Å². The molecule has 1 saturated heterocycles. The van der Waals surface area contributed by atoms with Crippen molar-refractivity contribution < 1.29 is 0 Å². The molecule has 0 bridgehead atoms. The van der Waals surface area contributed by atoms with Crippen LogP contribution in [0, 0.1) is 5.92 Å². The van der Waals surface area contributed by atoms with Gasteiger partial charge in [0.15, 0.2) is 0 Å². The predicted octanol–water partition coefficient (Wildman–Crippen LogP) is 3.65. The Labute approximate surface area is 112 Å². The monoisotopic (exact) mass is 293 g/mol. The quantitative estimate of drug-likeness (QED) is 0.805. The molecule has 1 aromatic carbocycles. The zero-order valence-electron chi connectivity index (χ0n) is 10.3. The third-order valence-electron chi connectivity index (χ3n) is 4.18. The van der Waals surface area contributed by atoms with E-state index in [-0.39, 0.29) is 0 Å². The number of piperidine rings is 1. The molecule has 0 amide bonds. The first-order chi connectivity index (χ1) is 8.33. The van der Waals surface area contributed by atoms with Crippen LogP contribution in [-0.2, 0) is 12.8 Å². The van der Waals surface area contributed by atoms with Gasteiger partial charge in [-0.15, -0.1) is 0 Å². The highest BCUT2D eigenvalue weighted by Crippen LogP contribution is 2.32. The van der Waals surface area contributed by atoms with E-state index >= 15 is 0 Å². The molecule has 3 rings (SSSR count). The molecule has 1 heterocycles. The average molecular weight is 294 g/mol. The Hall–Kier alpha value is -0.340. The highest BCUT2D eigenvalue weighted by molar-refractivity contribution is 9.10. The number of benzene rings is 1. The molecule has 2 heteroatoms. The first kappa shape index (κ1) is 11.7. The Morgan fingerprint density at radius 1 is 1.12 bits per heavy atom. The van der Waals surface area contributed by atoms with E-state index < -0.39 is 0 Å². The first-order valence-electron chi connectivity index (χ1n) is 6.81. The van der Waals surface area contributed by atoms with E-state index in [0.29, 0.717) is 0 Å². The molecule has 0 N–H and O–H groups in total. The molecule has 1 nitrogen and oxygen atoms in total. The molecule has 17 heavy (non-hydrogen) atoms. The summed E-state index contributed by atoms with van der Waals surface area (Å²) in [6, 6.07) is 6.66. The maximum atomic E-state index is 3.69. The van der Waals surface area contributed by atoms with Crippen LogP contribution in [0.15, 0.2) is 22.7 Å². The van der Waals surface area contributed by atoms with E-state index in [1.807, 2.05) is 0 Å².